The molecule has 0 atom stereocenters. The lowest BCUT2D eigenvalue weighted by Gasteiger charge is -2.13. The second kappa shape index (κ2) is 7.51. The molecule has 0 radical (unpaired) electrons. The van der Waals surface area contributed by atoms with E-state index in [1.807, 2.05) is 0 Å². The number of nitrogens with zero attached hydrogens (tertiary/aromatic N) is 5. The predicted octanol–water partition coefficient (Wildman–Crippen LogP) is 1.92. The summed E-state index contributed by atoms with van der Waals surface area (Å²) in [4.78, 5) is 24.9. The predicted molar refractivity (Wildman–Crippen MR) is 115 cm³/mol. The Bertz CT molecular complexity index is 1470. The molecule has 0 unspecified atom stereocenters. The number of aryl methyl sites for hydroxylation is 2. The fraction of sp³-hybridized carbons (Fsp3) is 0.200. The molecule has 10 nitrogen and oxygen atoms in total. The van der Waals surface area contributed by atoms with Crippen LogP contribution in [-0.2, 0) is 17.1 Å². The summed E-state index contributed by atoms with van der Waals surface area (Å²) in [5.74, 6) is 0.673. The Labute approximate surface area is 178 Å². The molecule has 1 N–H and O–H groups in total. The number of nitrogens with one attached hydrogen (secondary N) is 1. The average Bonchev–Trinajstić information content (AvgIpc) is 3.09. The van der Waals surface area contributed by atoms with Crippen molar-refractivity contribution < 1.29 is 13.2 Å². The van der Waals surface area contributed by atoms with Crippen LogP contribution in [0.15, 0.2) is 52.8 Å². The van der Waals surface area contributed by atoms with Crippen LogP contribution in [0.1, 0.15) is 11.4 Å². The quantitative estimate of drug-likeness (QED) is 0.503. The summed E-state index contributed by atoms with van der Waals surface area (Å²) >= 11 is 0. The molecular formula is C20H20N6O4S. The van der Waals surface area contributed by atoms with Gasteiger partial charge in [-0.15, -0.1) is 0 Å². The van der Waals surface area contributed by atoms with Crippen LogP contribution >= 0.6 is 0 Å². The van der Waals surface area contributed by atoms with Gasteiger partial charge in [-0.2, -0.15) is 8.42 Å². The summed E-state index contributed by atoms with van der Waals surface area (Å²) in [6.45, 7) is 3.40. The third kappa shape index (κ3) is 3.63. The summed E-state index contributed by atoms with van der Waals surface area (Å²) in [6, 6.07) is 5.09. The van der Waals surface area contributed by atoms with Gasteiger partial charge >= 0.3 is 0 Å². The molecule has 0 fully saturated rings. The van der Waals surface area contributed by atoms with E-state index in [0.717, 1.165) is 0 Å². The topological polar surface area (TPSA) is 120 Å². The first-order valence-corrected chi connectivity index (χ1v) is 10.7. The van der Waals surface area contributed by atoms with Gasteiger partial charge in [0, 0.05) is 42.3 Å². The van der Waals surface area contributed by atoms with Gasteiger partial charge in [0.15, 0.2) is 5.03 Å². The lowest BCUT2D eigenvalue weighted by molar-refractivity contribution is 0.400. The summed E-state index contributed by atoms with van der Waals surface area (Å²) in [5, 5.41) is 0.0104. The molecule has 0 amide bonds. The molecule has 31 heavy (non-hydrogen) atoms. The maximum atomic E-state index is 12.9. The first-order chi connectivity index (χ1) is 14.7. The zero-order valence-corrected chi connectivity index (χ0v) is 18.1. The first kappa shape index (κ1) is 20.5. The van der Waals surface area contributed by atoms with Crippen molar-refractivity contribution in [1.82, 2.24) is 23.9 Å². The standard InChI is InChI=1S/C20H20N6O4S/c1-12-8-22-17-6-5-14(11-26(17)20(12)27)15-7-16(19(30-4)23-9-15)24-31(28,29)18-10-21-13(2)25(18)3/h5-11,24H,1-4H3. The van der Waals surface area contributed by atoms with E-state index in [1.54, 1.807) is 51.5 Å². The Morgan fingerprint density at radius 3 is 2.48 bits per heavy atom. The minimum Gasteiger partial charge on any atom is -0.480 e. The fourth-order valence-electron chi connectivity index (χ4n) is 3.11. The van der Waals surface area contributed by atoms with Crippen molar-refractivity contribution in [2.75, 3.05) is 11.8 Å². The normalized spacial score (nSPS) is 11.6. The van der Waals surface area contributed by atoms with Crippen LogP contribution in [0, 0.1) is 13.8 Å². The largest absolute Gasteiger partial charge is 0.480 e. The van der Waals surface area contributed by atoms with Gasteiger partial charge in [0.05, 0.1) is 13.3 Å². The molecule has 0 aromatic carbocycles. The van der Waals surface area contributed by atoms with Crippen molar-refractivity contribution in [3.63, 3.8) is 0 Å². The fourth-order valence-corrected chi connectivity index (χ4v) is 4.34. The number of hydrogen-bond acceptors (Lipinski definition) is 7. The molecule has 0 bridgehead atoms. The molecule has 4 aromatic rings. The van der Waals surface area contributed by atoms with Gasteiger partial charge in [-0.1, -0.05) is 0 Å². The van der Waals surface area contributed by atoms with Crippen molar-refractivity contribution >= 4 is 21.4 Å². The number of pyridine rings is 2. The lowest BCUT2D eigenvalue weighted by Crippen LogP contribution is -2.17. The molecule has 0 saturated carbocycles. The van der Waals surface area contributed by atoms with Crippen LogP contribution in [0.2, 0.25) is 0 Å². The van der Waals surface area contributed by atoms with Gasteiger partial charge in [-0.25, -0.2) is 15.0 Å². The van der Waals surface area contributed by atoms with E-state index in [-0.39, 0.29) is 22.2 Å². The molecule has 4 aromatic heterocycles. The molecule has 0 aliphatic rings. The highest BCUT2D eigenvalue weighted by Crippen LogP contribution is 2.30. The van der Waals surface area contributed by atoms with E-state index in [1.165, 1.54) is 28.5 Å². The maximum absolute atomic E-state index is 12.9. The zero-order chi connectivity index (χ0) is 22.3. The molecular weight excluding hydrogens is 420 g/mol. The SMILES string of the molecule is COc1ncc(-c2ccc3ncc(C)c(=O)n3c2)cc1NS(=O)(=O)c1cnc(C)n1C. The molecule has 0 spiro atoms. The van der Waals surface area contributed by atoms with E-state index in [9.17, 15) is 13.2 Å². The van der Waals surface area contributed by atoms with Crippen molar-refractivity contribution in [2.45, 2.75) is 18.9 Å². The number of imidazole rings is 1. The van der Waals surface area contributed by atoms with E-state index >= 15 is 0 Å². The molecule has 0 saturated heterocycles. The van der Waals surface area contributed by atoms with Gasteiger partial charge in [-0.3, -0.25) is 13.9 Å². The van der Waals surface area contributed by atoms with Crippen LogP contribution < -0.4 is 15.0 Å². The zero-order valence-electron chi connectivity index (χ0n) is 17.3. The highest BCUT2D eigenvalue weighted by Gasteiger charge is 2.22. The second-order valence-electron chi connectivity index (χ2n) is 6.98. The number of anilines is 1. The highest BCUT2D eigenvalue weighted by atomic mass is 32.2. The van der Waals surface area contributed by atoms with E-state index in [0.29, 0.717) is 28.2 Å². The Hall–Kier alpha value is -3.73. The summed E-state index contributed by atoms with van der Waals surface area (Å²) < 4.78 is 36.5. The third-order valence-electron chi connectivity index (χ3n) is 4.95. The van der Waals surface area contributed by atoms with Crippen molar-refractivity contribution in [3.05, 3.63) is 64.7 Å². The number of rotatable bonds is 5. The second-order valence-corrected chi connectivity index (χ2v) is 8.61. The number of sulfonamides is 1. The van der Waals surface area contributed by atoms with E-state index in [2.05, 4.69) is 19.7 Å². The van der Waals surface area contributed by atoms with Crippen molar-refractivity contribution in [3.8, 4) is 17.0 Å². The van der Waals surface area contributed by atoms with Gasteiger partial charge in [-0.05, 0) is 32.0 Å². The summed E-state index contributed by atoms with van der Waals surface area (Å²) in [5.41, 5.74) is 2.26. The first-order valence-electron chi connectivity index (χ1n) is 9.25. The van der Waals surface area contributed by atoms with Crippen LogP contribution in [0.4, 0.5) is 5.69 Å². The van der Waals surface area contributed by atoms with E-state index < -0.39 is 10.0 Å². The lowest BCUT2D eigenvalue weighted by atomic mass is 10.1. The maximum Gasteiger partial charge on any atom is 0.279 e. The highest BCUT2D eigenvalue weighted by molar-refractivity contribution is 7.92. The van der Waals surface area contributed by atoms with E-state index in [4.69, 9.17) is 4.74 Å². The van der Waals surface area contributed by atoms with Crippen LogP contribution in [0.3, 0.4) is 0 Å². The molecule has 11 heteroatoms. The number of hydrogen-bond donors (Lipinski definition) is 1. The molecule has 0 aliphatic heterocycles. The molecule has 4 rings (SSSR count). The minimum absolute atomic E-state index is 0.0104. The smallest absolute Gasteiger partial charge is 0.279 e. The number of aromatic nitrogens is 5. The van der Waals surface area contributed by atoms with Crippen molar-refractivity contribution in [1.29, 1.82) is 0 Å². The Kier molecular flexibility index (Phi) is 4.97. The van der Waals surface area contributed by atoms with Gasteiger partial charge in [0.1, 0.15) is 17.2 Å². The number of ether oxygens (including phenoxy) is 1. The van der Waals surface area contributed by atoms with Crippen LogP contribution in [0.5, 0.6) is 5.88 Å². The average molecular weight is 440 g/mol. The minimum atomic E-state index is -3.94. The Morgan fingerprint density at radius 2 is 1.81 bits per heavy atom. The number of fused-ring (bicyclic) bond motifs is 1. The molecule has 160 valence electrons. The van der Waals surface area contributed by atoms with Crippen molar-refractivity contribution in [2.24, 2.45) is 7.05 Å². The Balaban J connectivity index is 1.80. The summed E-state index contributed by atoms with van der Waals surface area (Å²) in [6.07, 6.45) is 6.00. The van der Waals surface area contributed by atoms with Crippen LogP contribution in [-0.4, -0.2) is 39.4 Å². The monoisotopic (exact) mass is 440 g/mol. The van der Waals surface area contributed by atoms with Gasteiger partial charge in [0.25, 0.3) is 15.6 Å². The Morgan fingerprint density at radius 1 is 1.03 bits per heavy atom. The molecule has 0 aliphatic carbocycles. The molecule has 4 heterocycles. The van der Waals surface area contributed by atoms with Crippen LogP contribution in [0.25, 0.3) is 16.8 Å². The third-order valence-corrected chi connectivity index (χ3v) is 6.37. The van der Waals surface area contributed by atoms with Gasteiger partial charge in [0.2, 0.25) is 5.88 Å². The summed E-state index contributed by atoms with van der Waals surface area (Å²) in [7, 11) is -0.919. The number of methoxy groups -OCH3 is 1. The van der Waals surface area contributed by atoms with Gasteiger partial charge < -0.3 is 9.30 Å².